The molecule has 2 N–H and O–H groups in total. The average Bonchev–Trinajstić information content (AvgIpc) is 2.68. The average molecular weight is 419 g/mol. The van der Waals surface area contributed by atoms with Gasteiger partial charge in [0.1, 0.15) is 5.75 Å². The fourth-order valence-corrected chi connectivity index (χ4v) is 6.21. The van der Waals surface area contributed by atoms with Gasteiger partial charge < -0.3 is 15.4 Å². The van der Waals surface area contributed by atoms with Gasteiger partial charge in [-0.15, -0.1) is 0 Å². The maximum absolute atomic E-state index is 12.9. The van der Waals surface area contributed by atoms with Crippen LogP contribution in [0.4, 0.5) is 0 Å². The second-order valence-corrected chi connectivity index (χ2v) is 9.59. The van der Waals surface area contributed by atoms with Crippen molar-refractivity contribution >= 4 is 23.4 Å². The molecule has 5 nitrogen and oxygen atoms in total. The number of nitrogens with one attached hydrogen (secondary N) is 2. The smallest absolute Gasteiger partial charge is 0.226 e. The van der Waals surface area contributed by atoms with Crippen LogP contribution in [0.1, 0.15) is 51.4 Å². The van der Waals surface area contributed by atoms with E-state index in [0.29, 0.717) is 43.3 Å². The number of rotatable bonds is 9. The summed E-state index contributed by atoms with van der Waals surface area (Å²) in [5.41, 5.74) is -0.116. The van der Waals surface area contributed by atoms with Gasteiger partial charge in [-0.3, -0.25) is 9.59 Å². The van der Waals surface area contributed by atoms with E-state index in [1.54, 1.807) is 6.07 Å². The molecule has 4 fully saturated rings. The maximum Gasteiger partial charge on any atom is 0.226 e. The van der Waals surface area contributed by atoms with Crippen LogP contribution in [0.15, 0.2) is 24.3 Å². The molecule has 4 bridgehead atoms. The molecule has 4 aliphatic carbocycles. The van der Waals surface area contributed by atoms with Crippen molar-refractivity contribution in [2.75, 3.05) is 19.7 Å². The van der Waals surface area contributed by atoms with Gasteiger partial charge in [-0.1, -0.05) is 23.7 Å². The van der Waals surface area contributed by atoms with E-state index in [9.17, 15) is 9.59 Å². The summed E-state index contributed by atoms with van der Waals surface area (Å²) >= 11 is 6.04. The minimum atomic E-state index is -0.116. The predicted octanol–water partition coefficient (Wildman–Crippen LogP) is 3.95. The summed E-state index contributed by atoms with van der Waals surface area (Å²) < 4.78 is 5.59. The van der Waals surface area contributed by atoms with Crippen molar-refractivity contribution in [1.29, 1.82) is 0 Å². The highest BCUT2D eigenvalue weighted by Crippen LogP contribution is 2.60. The molecule has 158 valence electrons. The van der Waals surface area contributed by atoms with Crippen LogP contribution < -0.4 is 15.4 Å². The Hall–Kier alpha value is -1.75. The van der Waals surface area contributed by atoms with Crippen molar-refractivity contribution in [3.05, 3.63) is 29.3 Å². The number of hydrogen-bond acceptors (Lipinski definition) is 3. The minimum Gasteiger partial charge on any atom is -0.492 e. The Kier molecular flexibility index (Phi) is 6.33. The van der Waals surface area contributed by atoms with Crippen molar-refractivity contribution in [3.8, 4) is 5.75 Å². The van der Waals surface area contributed by atoms with Gasteiger partial charge in [-0.2, -0.15) is 0 Å². The molecule has 2 amide bonds. The normalized spacial score (nSPS) is 29.5. The number of amides is 2. The maximum atomic E-state index is 12.9. The van der Waals surface area contributed by atoms with Crippen LogP contribution in [0.2, 0.25) is 5.02 Å². The Bertz CT molecular complexity index is 716. The van der Waals surface area contributed by atoms with Crippen LogP contribution in [-0.2, 0) is 9.59 Å². The molecule has 4 saturated carbocycles. The van der Waals surface area contributed by atoms with E-state index in [2.05, 4.69) is 10.6 Å². The van der Waals surface area contributed by atoms with Crippen molar-refractivity contribution in [3.63, 3.8) is 0 Å². The molecule has 29 heavy (non-hydrogen) atoms. The molecular weight excluding hydrogens is 388 g/mol. The summed E-state index contributed by atoms with van der Waals surface area (Å²) in [4.78, 5) is 24.8. The SMILES string of the molecule is O=C(CCCOc1ccccc1Cl)NCCNC(=O)C12CC3CC(CC(C3)C1)C2. The molecule has 0 atom stereocenters. The Morgan fingerprint density at radius 2 is 1.62 bits per heavy atom. The fraction of sp³-hybridized carbons (Fsp3) is 0.652. The second-order valence-electron chi connectivity index (χ2n) is 9.19. The predicted molar refractivity (Wildman–Crippen MR) is 113 cm³/mol. The van der Waals surface area contributed by atoms with Crippen molar-refractivity contribution < 1.29 is 14.3 Å². The van der Waals surface area contributed by atoms with E-state index >= 15 is 0 Å². The molecule has 0 spiro atoms. The van der Waals surface area contributed by atoms with E-state index in [1.807, 2.05) is 18.2 Å². The van der Waals surface area contributed by atoms with Crippen LogP contribution in [0, 0.1) is 23.2 Å². The van der Waals surface area contributed by atoms with E-state index < -0.39 is 0 Å². The topological polar surface area (TPSA) is 67.4 Å². The van der Waals surface area contributed by atoms with Gasteiger partial charge in [0, 0.05) is 24.9 Å². The van der Waals surface area contributed by atoms with Gasteiger partial charge in [0.2, 0.25) is 11.8 Å². The molecule has 1 aromatic carbocycles. The first-order valence-electron chi connectivity index (χ1n) is 11.0. The summed E-state index contributed by atoms with van der Waals surface area (Å²) in [6.45, 7) is 1.42. The molecule has 0 saturated heterocycles. The van der Waals surface area contributed by atoms with Crippen LogP contribution >= 0.6 is 11.6 Å². The highest BCUT2D eigenvalue weighted by molar-refractivity contribution is 6.32. The molecule has 0 radical (unpaired) electrons. The van der Waals surface area contributed by atoms with Crippen molar-refractivity contribution in [2.24, 2.45) is 23.2 Å². The highest BCUT2D eigenvalue weighted by atomic mass is 35.5. The third-order valence-electron chi connectivity index (χ3n) is 6.90. The number of para-hydroxylation sites is 1. The van der Waals surface area contributed by atoms with E-state index in [4.69, 9.17) is 16.3 Å². The largest absolute Gasteiger partial charge is 0.492 e. The molecular formula is C23H31ClN2O3. The van der Waals surface area contributed by atoms with E-state index in [0.717, 1.165) is 37.0 Å². The molecule has 0 unspecified atom stereocenters. The monoisotopic (exact) mass is 418 g/mol. The molecule has 0 aromatic heterocycles. The quantitative estimate of drug-likeness (QED) is 0.596. The zero-order valence-electron chi connectivity index (χ0n) is 16.9. The van der Waals surface area contributed by atoms with E-state index in [-0.39, 0.29) is 17.2 Å². The molecule has 6 heteroatoms. The zero-order chi connectivity index (χ0) is 20.3. The minimum absolute atomic E-state index is 0.0168. The zero-order valence-corrected chi connectivity index (χ0v) is 17.7. The Morgan fingerprint density at radius 3 is 2.28 bits per heavy atom. The van der Waals surface area contributed by atoms with Gasteiger partial charge in [0.15, 0.2) is 0 Å². The number of carbonyl (C=O) groups excluding carboxylic acids is 2. The third-order valence-corrected chi connectivity index (χ3v) is 7.21. The van der Waals surface area contributed by atoms with Gasteiger partial charge in [-0.05, 0) is 74.8 Å². The summed E-state index contributed by atoms with van der Waals surface area (Å²) in [5.74, 6) is 3.14. The molecule has 0 aliphatic heterocycles. The standard InChI is InChI=1S/C23H31ClN2O3/c24-19-4-1-2-5-20(19)29-9-3-6-21(27)25-7-8-26-22(28)23-13-16-10-17(14-23)12-18(11-16)15-23/h1-2,4-5,16-18H,3,6-15H2,(H,25,27)(H,26,28). The van der Waals surface area contributed by atoms with Crippen LogP contribution in [0.25, 0.3) is 0 Å². The first-order valence-corrected chi connectivity index (χ1v) is 11.3. The summed E-state index contributed by atoms with van der Waals surface area (Å²) in [6.07, 6.45) is 8.24. The number of hydrogen-bond donors (Lipinski definition) is 2. The van der Waals surface area contributed by atoms with E-state index in [1.165, 1.54) is 19.3 Å². The van der Waals surface area contributed by atoms with Crippen LogP contribution in [0.5, 0.6) is 5.75 Å². The molecule has 4 aliphatic rings. The fourth-order valence-electron chi connectivity index (χ4n) is 6.02. The van der Waals surface area contributed by atoms with Gasteiger partial charge in [0.05, 0.1) is 11.6 Å². The van der Waals surface area contributed by atoms with Gasteiger partial charge in [-0.25, -0.2) is 0 Å². The second kappa shape index (κ2) is 8.95. The first kappa shape index (κ1) is 20.5. The number of carbonyl (C=O) groups is 2. The summed E-state index contributed by atoms with van der Waals surface area (Å²) in [7, 11) is 0. The number of halogens is 1. The Morgan fingerprint density at radius 1 is 1.00 bits per heavy atom. The molecule has 0 heterocycles. The highest BCUT2D eigenvalue weighted by Gasteiger charge is 2.54. The first-order chi connectivity index (χ1) is 14.0. The number of ether oxygens (including phenoxy) is 1. The lowest BCUT2D eigenvalue weighted by Gasteiger charge is -2.55. The van der Waals surface area contributed by atoms with Crippen LogP contribution in [-0.4, -0.2) is 31.5 Å². The lowest BCUT2D eigenvalue weighted by Crippen LogP contribution is -2.54. The van der Waals surface area contributed by atoms with Crippen LogP contribution in [0.3, 0.4) is 0 Å². The third kappa shape index (κ3) is 4.88. The lowest BCUT2D eigenvalue weighted by molar-refractivity contribution is -0.146. The Balaban J connectivity index is 1.10. The van der Waals surface area contributed by atoms with Crippen molar-refractivity contribution in [1.82, 2.24) is 10.6 Å². The number of benzene rings is 1. The molecule has 1 aromatic rings. The van der Waals surface area contributed by atoms with Gasteiger partial charge >= 0.3 is 0 Å². The molecule has 5 rings (SSSR count). The lowest BCUT2D eigenvalue weighted by atomic mass is 9.49. The summed E-state index contributed by atoms with van der Waals surface area (Å²) in [5, 5.41) is 6.56. The van der Waals surface area contributed by atoms with Gasteiger partial charge in [0.25, 0.3) is 0 Å². The van der Waals surface area contributed by atoms with Crippen molar-refractivity contribution in [2.45, 2.75) is 51.4 Å². The summed E-state index contributed by atoms with van der Waals surface area (Å²) in [6, 6.07) is 7.31. The Labute approximate surface area is 177 Å².